The molecule has 0 unspecified atom stereocenters. The molecule has 2 aromatic carbocycles. The smallest absolute Gasteiger partial charge is 0.247 e. The Hall–Kier alpha value is -2.60. The van der Waals surface area contributed by atoms with Crippen molar-refractivity contribution in [1.82, 2.24) is 10.2 Å². The highest BCUT2D eigenvalue weighted by atomic mass is 35.5. The van der Waals surface area contributed by atoms with Gasteiger partial charge in [0.25, 0.3) is 0 Å². The van der Waals surface area contributed by atoms with Gasteiger partial charge in [0.2, 0.25) is 11.8 Å². The van der Waals surface area contributed by atoms with Crippen LogP contribution in [0.15, 0.2) is 46.9 Å². The second-order valence-electron chi connectivity index (χ2n) is 4.74. The van der Waals surface area contributed by atoms with Crippen LogP contribution in [0.25, 0.3) is 11.5 Å². The Morgan fingerprint density at radius 2 is 1.96 bits per heavy atom. The molecule has 0 aliphatic carbocycles. The number of anilines is 1. The predicted octanol–water partition coefficient (Wildman–Crippen LogP) is 4.15. The highest BCUT2D eigenvalue weighted by Crippen LogP contribution is 2.22. The molecular weight excluding hydrogens is 321 g/mol. The Morgan fingerprint density at radius 3 is 2.70 bits per heavy atom. The fourth-order valence-electron chi connectivity index (χ4n) is 1.99. The standard InChI is InChI=1S/C16H13ClFN3O2/c1-22-14-7-12(18)6-13(8-14)19-9-15-20-21-16(23-15)10-2-4-11(17)5-3-10/h2-8,19H,9H2,1H3. The third-order valence-corrected chi connectivity index (χ3v) is 3.36. The molecule has 1 N–H and O–H groups in total. The van der Waals surface area contributed by atoms with Crippen LogP contribution in [-0.2, 0) is 6.54 Å². The highest BCUT2D eigenvalue weighted by molar-refractivity contribution is 6.30. The minimum atomic E-state index is -0.390. The molecule has 5 nitrogen and oxygen atoms in total. The Morgan fingerprint density at radius 1 is 1.17 bits per heavy atom. The minimum Gasteiger partial charge on any atom is -0.497 e. The number of ether oxygens (including phenoxy) is 1. The van der Waals surface area contributed by atoms with E-state index in [1.165, 1.54) is 19.2 Å². The van der Waals surface area contributed by atoms with Gasteiger partial charge in [-0.1, -0.05) is 11.6 Å². The molecule has 0 spiro atoms. The monoisotopic (exact) mass is 333 g/mol. The lowest BCUT2D eigenvalue weighted by Gasteiger charge is -2.06. The lowest BCUT2D eigenvalue weighted by molar-refractivity contribution is 0.411. The number of methoxy groups -OCH3 is 1. The number of aromatic nitrogens is 2. The zero-order valence-corrected chi connectivity index (χ0v) is 13.0. The van der Waals surface area contributed by atoms with E-state index >= 15 is 0 Å². The molecule has 0 fully saturated rings. The maximum absolute atomic E-state index is 13.4. The lowest BCUT2D eigenvalue weighted by Crippen LogP contribution is -2.00. The molecule has 0 atom stereocenters. The van der Waals surface area contributed by atoms with Gasteiger partial charge < -0.3 is 14.5 Å². The number of nitrogens with zero attached hydrogens (tertiary/aromatic N) is 2. The number of halogens is 2. The van der Waals surface area contributed by atoms with Crippen LogP contribution in [-0.4, -0.2) is 17.3 Å². The summed E-state index contributed by atoms with van der Waals surface area (Å²) in [5.74, 6) is 0.826. The molecule has 118 valence electrons. The van der Waals surface area contributed by atoms with E-state index in [9.17, 15) is 4.39 Å². The Kier molecular flexibility index (Phi) is 4.43. The van der Waals surface area contributed by atoms with E-state index in [1.54, 1.807) is 30.3 Å². The first-order valence-corrected chi connectivity index (χ1v) is 7.18. The van der Waals surface area contributed by atoms with Crippen molar-refractivity contribution in [3.05, 3.63) is 59.2 Å². The van der Waals surface area contributed by atoms with Crippen molar-refractivity contribution in [3.63, 3.8) is 0 Å². The molecule has 1 aromatic heterocycles. The summed E-state index contributed by atoms with van der Waals surface area (Å²) in [6, 6.07) is 11.4. The van der Waals surface area contributed by atoms with Gasteiger partial charge in [0.1, 0.15) is 11.6 Å². The Balaban J connectivity index is 1.70. The van der Waals surface area contributed by atoms with E-state index in [4.69, 9.17) is 20.8 Å². The number of benzene rings is 2. The van der Waals surface area contributed by atoms with Crippen LogP contribution < -0.4 is 10.1 Å². The summed E-state index contributed by atoms with van der Waals surface area (Å²) in [6.07, 6.45) is 0. The van der Waals surface area contributed by atoms with Gasteiger partial charge in [-0.15, -0.1) is 10.2 Å². The van der Waals surface area contributed by atoms with Gasteiger partial charge in [-0.05, 0) is 30.3 Å². The van der Waals surface area contributed by atoms with E-state index in [0.29, 0.717) is 28.2 Å². The molecule has 0 aliphatic rings. The van der Waals surface area contributed by atoms with E-state index in [0.717, 1.165) is 5.56 Å². The third kappa shape index (κ3) is 3.78. The molecule has 7 heteroatoms. The van der Waals surface area contributed by atoms with Gasteiger partial charge in [0, 0.05) is 28.4 Å². The molecule has 0 saturated heterocycles. The van der Waals surface area contributed by atoms with Crippen LogP contribution in [0.5, 0.6) is 5.75 Å². The molecule has 0 amide bonds. The number of hydrogen-bond donors (Lipinski definition) is 1. The number of rotatable bonds is 5. The summed E-state index contributed by atoms with van der Waals surface area (Å²) in [6.45, 7) is 0.271. The van der Waals surface area contributed by atoms with Crippen LogP contribution in [0, 0.1) is 5.82 Å². The van der Waals surface area contributed by atoms with Crippen molar-refractivity contribution in [2.45, 2.75) is 6.54 Å². The van der Waals surface area contributed by atoms with Gasteiger partial charge >= 0.3 is 0 Å². The molecule has 23 heavy (non-hydrogen) atoms. The average Bonchev–Trinajstić information content (AvgIpc) is 3.02. The molecule has 3 rings (SSSR count). The van der Waals surface area contributed by atoms with E-state index in [1.807, 2.05) is 0 Å². The fourth-order valence-corrected chi connectivity index (χ4v) is 2.12. The van der Waals surface area contributed by atoms with Crippen LogP contribution in [0.1, 0.15) is 5.89 Å². The second-order valence-corrected chi connectivity index (χ2v) is 5.18. The quantitative estimate of drug-likeness (QED) is 0.760. The summed E-state index contributed by atoms with van der Waals surface area (Å²) in [5.41, 5.74) is 1.34. The second kappa shape index (κ2) is 6.66. The van der Waals surface area contributed by atoms with Crippen molar-refractivity contribution in [3.8, 4) is 17.2 Å². The SMILES string of the molecule is COc1cc(F)cc(NCc2nnc(-c3ccc(Cl)cc3)o2)c1. The molecule has 3 aromatic rings. The van der Waals surface area contributed by atoms with Gasteiger partial charge in [-0.3, -0.25) is 0 Å². The highest BCUT2D eigenvalue weighted by Gasteiger charge is 2.09. The van der Waals surface area contributed by atoms with E-state index in [-0.39, 0.29) is 12.4 Å². The maximum Gasteiger partial charge on any atom is 0.247 e. The number of hydrogen-bond acceptors (Lipinski definition) is 5. The molecule has 0 bridgehead atoms. The van der Waals surface area contributed by atoms with Crippen molar-refractivity contribution in [2.24, 2.45) is 0 Å². The normalized spacial score (nSPS) is 10.6. The van der Waals surface area contributed by atoms with Gasteiger partial charge in [-0.2, -0.15) is 0 Å². The van der Waals surface area contributed by atoms with Gasteiger partial charge in [0.05, 0.1) is 13.7 Å². The van der Waals surface area contributed by atoms with Crippen molar-refractivity contribution >= 4 is 17.3 Å². The summed E-state index contributed by atoms with van der Waals surface area (Å²) in [7, 11) is 1.48. The zero-order valence-electron chi connectivity index (χ0n) is 12.2. The molecule has 1 heterocycles. The summed E-state index contributed by atoms with van der Waals surface area (Å²) >= 11 is 5.84. The van der Waals surface area contributed by atoms with Crippen LogP contribution in [0.2, 0.25) is 5.02 Å². The first-order chi connectivity index (χ1) is 11.1. The maximum atomic E-state index is 13.4. The van der Waals surface area contributed by atoms with Gasteiger partial charge in [0.15, 0.2) is 0 Å². The van der Waals surface area contributed by atoms with Crippen LogP contribution in [0.3, 0.4) is 0 Å². The van der Waals surface area contributed by atoms with E-state index in [2.05, 4.69) is 15.5 Å². The Bertz CT molecular complexity index is 805. The largest absolute Gasteiger partial charge is 0.497 e. The Labute approximate surface area is 137 Å². The summed E-state index contributed by atoms with van der Waals surface area (Å²) in [5, 5.41) is 11.6. The summed E-state index contributed by atoms with van der Waals surface area (Å²) < 4.78 is 24.0. The predicted molar refractivity (Wildman–Crippen MR) is 85.0 cm³/mol. The first kappa shape index (κ1) is 15.3. The van der Waals surface area contributed by atoms with Crippen molar-refractivity contribution < 1.29 is 13.5 Å². The topological polar surface area (TPSA) is 60.2 Å². The third-order valence-electron chi connectivity index (χ3n) is 3.11. The molecule has 0 saturated carbocycles. The fraction of sp³-hybridized carbons (Fsp3) is 0.125. The zero-order chi connectivity index (χ0) is 16.2. The molecule has 0 aliphatic heterocycles. The first-order valence-electron chi connectivity index (χ1n) is 6.81. The van der Waals surface area contributed by atoms with Crippen molar-refractivity contribution in [2.75, 3.05) is 12.4 Å². The minimum absolute atomic E-state index is 0.271. The molecule has 0 radical (unpaired) electrons. The average molecular weight is 334 g/mol. The summed E-state index contributed by atoms with van der Waals surface area (Å²) in [4.78, 5) is 0. The lowest BCUT2D eigenvalue weighted by atomic mass is 10.2. The molecular formula is C16H13ClFN3O2. The van der Waals surface area contributed by atoms with Crippen molar-refractivity contribution in [1.29, 1.82) is 0 Å². The van der Waals surface area contributed by atoms with Gasteiger partial charge in [-0.25, -0.2) is 4.39 Å². The van der Waals surface area contributed by atoms with E-state index < -0.39 is 0 Å². The number of nitrogens with one attached hydrogen (secondary N) is 1. The van der Waals surface area contributed by atoms with Crippen LogP contribution >= 0.6 is 11.6 Å². The van der Waals surface area contributed by atoms with Crippen LogP contribution in [0.4, 0.5) is 10.1 Å².